The Morgan fingerprint density at radius 2 is 1.92 bits per heavy atom. The van der Waals surface area contributed by atoms with Crippen molar-refractivity contribution in [2.75, 3.05) is 38.6 Å². The fraction of sp³-hybridized carbons (Fsp3) is 0.600. The van der Waals surface area contributed by atoms with E-state index in [0.717, 1.165) is 31.6 Å². The summed E-state index contributed by atoms with van der Waals surface area (Å²) in [4.78, 5) is 31.3. The molecular formula is C20H29N3O3. The minimum absolute atomic E-state index is 0.0918. The molecule has 0 unspecified atom stereocenters. The lowest BCUT2D eigenvalue weighted by atomic mass is 10.0. The fourth-order valence-corrected chi connectivity index (χ4v) is 3.71. The molecule has 6 nitrogen and oxygen atoms in total. The first kappa shape index (κ1) is 18.7. The second-order valence-electron chi connectivity index (χ2n) is 7.83. The van der Waals surface area contributed by atoms with Gasteiger partial charge in [-0.1, -0.05) is 12.1 Å². The van der Waals surface area contributed by atoms with Crippen LogP contribution >= 0.6 is 0 Å². The number of fused-ring (bicyclic) bond motifs is 1. The van der Waals surface area contributed by atoms with Gasteiger partial charge < -0.3 is 19.4 Å². The van der Waals surface area contributed by atoms with E-state index in [-0.39, 0.29) is 11.8 Å². The molecule has 0 bridgehead atoms. The van der Waals surface area contributed by atoms with E-state index in [0.29, 0.717) is 24.8 Å². The van der Waals surface area contributed by atoms with Gasteiger partial charge in [-0.05, 0) is 59.0 Å². The third kappa shape index (κ3) is 3.70. The van der Waals surface area contributed by atoms with Crippen molar-refractivity contribution in [3.63, 3.8) is 0 Å². The molecule has 0 N–H and O–H groups in total. The van der Waals surface area contributed by atoms with Crippen molar-refractivity contribution < 1.29 is 14.3 Å². The van der Waals surface area contributed by atoms with Crippen LogP contribution in [0.1, 0.15) is 33.1 Å². The van der Waals surface area contributed by atoms with Gasteiger partial charge in [0.25, 0.3) is 5.91 Å². The first-order valence-electron chi connectivity index (χ1n) is 9.34. The van der Waals surface area contributed by atoms with E-state index in [1.165, 1.54) is 0 Å². The molecule has 1 aromatic carbocycles. The summed E-state index contributed by atoms with van der Waals surface area (Å²) in [6.45, 7) is 5.95. The zero-order valence-corrected chi connectivity index (χ0v) is 16.2. The van der Waals surface area contributed by atoms with Gasteiger partial charge in [0.05, 0.1) is 5.69 Å². The van der Waals surface area contributed by atoms with E-state index in [9.17, 15) is 9.59 Å². The molecule has 3 rings (SSSR count). The van der Waals surface area contributed by atoms with E-state index in [2.05, 4.69) is 11.9 Å². The normalized spacial score (nSPS) is 20.5. The maximum atomic E-state index is 12.8. The summed E-state index contributed by atoms with van der Waals surface area (Å²) in [5, 5.41) is 0. The molecule has 0 radical (unpaired) electrons. The summed E-state index contributed by atoms with van der Waals surface area (Å²) in [6.07, 6.45) is 2.33. The summed E-state index contributed by atoms with van der Waals surface area (Å²) in [5.74, 6) is 0.674. The predicted molar refractivity (Wildman–Crippen MR) is 101 cm³/mol. The Labute approximate surface area is 155 Å². The van der Waals surface area contributed by atoms with Crippen molar-refractivity contribution in [2.45, 2.75) is 44.8 Å². The summed E-state index contributed by atoms with van der Waals surface area (Å²) in [6, 6.07) is 7.80. The molecule has 2 aliphatic heterocycles. The van der Waals surface area contributed by atoms with Gasteiger partial charge in [0.1, 0.15) is 5.75 Å². The van der Waals surface area contributed by atoms with Crippen molar-refractivity contribution >= 4 is 17.5 Å². The maximum Gasteiger partial charge on any atom is 0.270 e. The number of hydrogen-bond acceptors (Lipinski definition) is 4. The van der Waals surface area contributed by atoms with Gasteiger partial charge in [-0.15, -0.1) is 0 Å². The molecule has 142 valence electrons. The molecule has 26 heavy (non-hydrogen) atoms. The number of anilines is 1. The summed E-state index contributed by atoms with van der Waals surface area (Å²) < 4.78 is 5.83. The fourth-order valence-electron chi connectivity index (χ4n) is 3.71. The Morgan fingerprint density at radius 1 is 1.27 bits per heavy atom. The highest BCUT2D eigenvalue weighted by Crippen LogP contribution is 2.37. The third-order valence-corrected chi connectivity index (χ3v) is 5.46. The van der Waals surface area contributed by atoms with E-state index in [1.54, 1.807) is 18.7 Å². The molecule has 1 fully saturated rings. The van der Waals surface area contributed by atoms with Gasteiger partial charge in [0.2, 0.25) is 5.91 Å². The lowest BCUT2D eigenvalue weighted by Gasteiger charge is -2.39. The highest BCUT2D eigenvalue weighted by atomic mass is 16.5. The summed E-state index contributed by atoms with van der Waals surface area (Å²) in [5.41, 5.74) is -0.177. The minimum atomic E-state index is -0.919. The molecule has 0 aromatic heterocycles. The van der Waals surface area contributed by atoms with Crippen LogP contribution in [0.2, 0.25) is 0 Å². The number of hydrogen-bond donors (Lipinski definition) is 0. The van der Waals surface area contributed by atoms with Crippen molar-refractivity contribution in [2.24, 2.45) is 0 Å². The van der Waals surface area contributed by atoms with Crippen molar-refractivity contribution in [1.29, 1.82) is 0 Å². The van der Waals surface area contributed by atoms with E-state index in [4.69, 9.17) is 4.74 Å². The first-order chi connectivity index (χ1) is 12.3. The number of nitrogens with zero attached hydrogens (tertiary/aromatic N) is 3. The molecule has 0 saturated carbocycles. The molecule has 2 amide bonds. The minimum Gasteiger partial charge on any atom is -0.476 e. The Morgan fingerprint density at radius 3 is 2.62 bits per heavy atom. The molecular weight excluding hydrogens is 330 g/mol. The molecule has 1 saturated heterocycles. The average Bonchev–Trinajstić information content (AvgIpc) is 2.61. The van der Waals surface area contributed by atoms with Crippen LogP contribution in [0.4, 0.5) is 5.69 Å². The highest BCUT2D eigenvalue weighted by molar-refractivity contribution is 6.02. The zero-order chi connectivity index (χ0) is 18.9. The average molecular weight is 359 g/mol. The van der Waals surface area contributed by atoms with Crippen LogP contribution in [0.25, 0.3) is 0 Å². The predicted octanol–water partition coefficient (Wildman–Crippen LogP) is 2.13. The van der Waals surface area contributed by atoms with Crippen LogP contribution in [0.15, 0.2) is 24.3 Å². The third-order valence-electron chi connectivity index (χ3n) is 5.46. The van der Waals surface area contributed by atoms with Gasteiger partial charge in [-0.3, -0.25) is 9.59 Å². The Hall–Kier alpha value is -2.08. The molecule has 2 heterocycles. The Bertz CT molecular complexity index is 681. The van der Waals surface area contributed by atoms with E-state index in [1.807, 2.05) is 36.2 Å². The zero-order valence-electron chi connectivity index (χ0n) is 16.2. The van der Waals surface area contributed by atoms with Crippen molar-refractivity contribution in [1.82, 2.24) is 9.80 Å². The SMILES string of the molecule is CN1CCC(N(C)C(=O)CCN2C(=O)C(C)(C)Oc3ccccc32)CC1. The van der Waals surface area contributed by atoms with E-state index >= 15 is 0 Å². The number of rotatable bonds is 4. The van der Waals surface area contributed by atoms with Gasteiger partial charge in [0, 0.05) is 26.1 Å². The number of para-hydroxylation sites is 2. The number of piperidine rings is 1. The van der Waals surface area contributed by atoms with E-state index < -0.39 is 5.60 Å². The Kier molecular flexibility index (Phi) is 5.23. The molecule has 2 aliphatic rings. The molecule has 0 aliphatic carbocycles. The lowest BCUT2D eigenvalue weighted by molar-refractivity contribution is -0.134. The van der Waals surface area contributed by atoms with Crippen LogP contribution in [-0.4, -0.2) is 67.0 Å². The largest absolute Gasteiger partial charge is 0.476 e. The first-order valence-corrected chi connectivity index (χ1v) is 9.34. The number of benzene rings is 1. The number of likely N-dealkylation sites (tertiary alicyclic amines) is 1. The van der Waals surface area contributed by atoms with Gasteiger partial charge in [-0.25, -0.2) is 0 Å². The Balaban J connectivity index is 1.66. The van der Waals surface area contributed by atoms with Gasteiger partial charge >= 0.3 is 0 Å². The second kappa shape index (κ2) is 7.27. The monoisotopic (exact) mass is 359 g/mol. The molecule has 0 atom stereocenters. The van der Waals surface area contributed by atoms with Crippen LogP contribution in [-0.2, 0) is 9.59 Å². The highest BCUT2D eigenvalue weighted by Gasteiger charge is 2.40. The standard InChI is InChI=1S/C20H29N3O3/c1-20(2)19(25)23(16-7-5-6-8-17(16)26-20)14-11-18(24)22(4)15-9-12-21(3)13-10-15/h5-8,15H,9-14H2,1-4H3. The van der Waals surface area contributed by atoms with Crippen LogP contribution in [0.3, 0.4) is 0 Å². The van der Waals surface area contributed by atoms with Gasteiger partial charge in [0.15, 0.2) is 5.60 Å². The number of carbonyl (C=O) groups is 2. The van der Waals surface area contributed by atoms with Crippen LogP contribution < -0.4 is 9.64 Å². The maximum absolute atomic E-state index is 12.8. The molecule has 0 spiro atoms. The summed E-state index contributed by atoms with van der Waals surface area (Å²) >= 11 is 0. The molecule has 1 aromatic rings. The van der Waals surface area contributed by atoms with Gasteiger partial charge in [-0.2, -0.15) is 0 Å². The quantitative estimate of drug-likeness (QED) is 0.826. The van der Waals surface area contributed by atoms with Crippen molar-refractivity contribution in [3.8, 4) is 5.75 Å². The number of amides is 2. The summed E-state index contributed by atoms with van der Waals surface area (Å²) in [7, 11) is 4.00. The number of carbonyl (C=O) groups excluding carboxylic acids is 2. The van der Waals surface area contributed by atoms with Crippen molar-refractivity contribution in [3.05, 3.63) is 24.3 Å². The topological polar surface area (TPSA) is 53.1 Å². The lowest BCUT2D eigenvalue weighted by Crippen LogP contribution is -2.53. The molecule has 6 heteroatoms. The number of ether oxygens (including phenoxy) is 1. The second-order valence-corrected chi connectivity index (χ2v) is 7.83. The smallest absolute Gasteiger partial charge is 0.270 e. The van der Waals surface area contributed by atoms with Crippen LogP contribution in [0, 0.1) is 0 Å². The van der Waals surface area contributed by atoms with Crippen LogP contribution in [0.5, 0.6) is 5.75 Å².